The summed E-state index contributed by atoms with van der Waals surface area (Å²) in [6, 6.07) is 20.4. The first kappa shape index (κ1) is 30.8. The van der Waals surface area contributed by atoms with Gasteiger partial charge < -0.3 is 36.3 Å². The number of nitrogens with zero attached hydrogens (tertiary/aromatic N) is 5. The Morgan fingerprint density at radius 2 is 1.77 bits per heavy atom. The van der Waals surface area contributed by atoms with Gasteiger partial charge in [0.1, 0.15) is 12.2 Å². The van der Waals surface area contributed by atoms with E-state index < -0.39 is 30.4 Å². The zero-order chi connectivity index (χ0) is 30.9. The lowest BCUT2D eigenvalue weighted by molar-refractivity contribution is -0.137. The highest BCUT2D eigenvalue weighted by Gasteiger charge is 2.47. The number of hydrazine groups is 1. The molecule has 1 saturated heterocycles. The van der Waals surface area contributed by atoms with Crippen molar-refractivity contribution in [3.63, 3.8) is 0 Å². The van der Waals surface area contributed by atoms with Crippen molar-refractivity contribution in [1.29, 1.82) is 0 Å². The van der Waals surface area contributed by atoms with Crippen LogP contribution in [0.5, 0.6) is 0 Å². The number of hydrogen-bond donors (Lipinski definition) is 7. The summed E-state index contributed by atoms with van der Waals surface area (Å²) in [4.78, 5) is 30.6. The van der Waals surface area contributed by atoms with E-state index in [1.165, 1.54) is 17.2 Å². The first-order chi connectivity index (χ1) is 21.5. The second-order valence-corrected chi connectivity index (χ2v) is 10.3. The van der Waals surface area contributed by atoms with Crippen LogP contribution in [0.25, 0.3) is 11.2 Å². The lowest BCUT2D eigenvalue weighted by atomic mass is 9.91. The molecule has 8 N–H and O–H groups in total. The number of carbonyl (C=O) groups excluding carboxylic acids is 1. The SMILES string of the molecule is CCNC(=O)[C@H]1O[C@@H](n2cnc3c(NCC(c4ccccc4)c4ccccc4)nc(NCCCN=CNN)nc32)[C@H](O)[C@@H]1O. The normalized spacial score (nSPS) is 19.9. The molecule has 0 saturated carbocycles. The maximum absolute atomic E-state index is 12.5. The molecule has 0 bridgehead atoms. The van der Waals surface area contributed by atoms with Crippen LogP contribution >= 0.6 is 0 Å². The van der Waals surface area contributed by atoms with E-state index in [1.807, 2.05) is 36.4 Å². The molecule has 0 aliphatic carbocycles. The van der Waals surface area contributed by atoms with Crippen molar-refractivity contribution in [2.75, 3.05) is 36.8 Å². The van der Waals surface area contributed by atoms with Crippen LogP contribution in [0.2, 0.25) is 0 Å². The van der Waals surface area contributed by atoms with Gasteiger partial charge in [0.25, 0.3) is 5.91 Å². The van der Waals surface area contributed by atoms with Gasteiger partial charge >= 0.3 is 0 Å². The highest BCUT2D eigenvalue weighted by atomic mass is 16.6. The van der Waals surface area contributed by atoms with Gasteiger partial charge in [-0.3, -0.25) is 14.4 Å². The Kier molecular flexibility index (Phi) is 10.3. The molecule has 14 heteroatoms. The molecule has 3 heterocycles. The molecule has 1 fully saturated rings. The standard InChI is InChI=1S/C30H38N10O4/c1-2-33-28(43)25-23(41)24(42)29(44-25)40-18-36-22-26(38-30(39-27(22)40)34-15-9-14-32-17-37-31)35-16-21(19-10-5-3-6-11-19)20-12-7-4-8-13-20/h3-8,10-13,17-18,21,23-25,29,41-42H,2,9,14-16,31H2,1H3,(H,32,37)(H,33,43)(H2,34,35,38,39)/t23-,24+,25-,29+/m0/s1. The molecule has 5 rings (SSSR count). The van der Waals surface area contributed by atoms with Crippen molar-refractivity contribution < 1.29 is 19.7 Å². The van der Waals surface area contributed by atoms with E-state index in [0.717, 1.165) is 11.1 Å². The number of carbonyl (C=O) groups is 1. The fourth-order valence-corrected chi connectivity index (χ4v) is 5.17. The Hall–Kier alpha value is -4.63. The summed E-state index contributed by atoms with van der Waals surface area (Å²) in [6.45, 7) is 3.70. The molecule has 0 spiro atoms. The van der Waals surface area contributed by atoms with Crippen molar-refractivity contribution in [3.05, 3.63) is 78.1 Å². The molecule has 1 aliphatic rings. The predicted molar refractivity (Wildman–Crippen MR) is 167 cm³/mol. The number of ether oxygens (including phenoxy) is 1. The first-order valence-electron chi connectivity index (χ1n) is 14.6. The molecule has 2 aromatic heterocycles. The van der Waals surface area contributed by atoms with Crippen molar-refractivity contribution in [2.45, 2.75) is 43.8 Å². The largest absolute Gasteiger partial charge is 0.387 e. The summed E-state index contributed by atoms with van der Waals surface area (Å²) < 4.78 is 7.38. The molecule has 44 heavy (non-hydrogen) atoms. The Morgan fingerprint density at radius 1 is 1.07 bits per heavy atom. The number of aliphatic imine (C=N–C) groups is 1. The van der Waals surface area contributed by atoms with E-state index >= 15 is 0 Å². The van der Waals surface area contributed by atoms with Gasteiger partial charge in [-0.15, -0.1) is 0 Å². The monoisotopic (exact) mass is 602 g/mol. The van der Waals surface area contributed by atoms with Gasteiger partial charge in [0.2, 0.25) is 5.95 Å². The zero-order valence-corrected chi connectivity index (χ0v) is 24.4. The molecular formula is C30H38N10O4. The molecule has 1 amide bonds. The number of fused-ring (bicyclic) bond motifs is 1. The molecule has 14 nitrogen and oxygen atoms in total. The highest BCUT2D eigenvalue weighted by Crippen LogP contribution is 2.33. The minimum Gasteiger partial charge on any atom is -0.387 e. The summed E-state index contributed by atoms with van der Waals surface area (Å²) >= 11 is 0. The summed E-state index contributed by atoms with van der Waals surface area (Å²) in [5.74, 6) is 5.54. The molecule has 2 aromatic carbocycles. The maximum atomic E-state index is 12.5. The van der Waals surface area contributed by atoms with Crippen LogP contribution in [-0.2, 0) is 9.53 Å². The minimum absolute atomic E-state index is 0.0166. The van der Waals surface area contributed by atoms with Crippen LogP contribution in [0.1, 0.15) is 36.6 Å². The van der Waals surface area contributed by atoms with Crippen molar-refractivity contribution in [3.8, 4) is 0 Å². The predicted octanol–water partition coefficient (Wildman–Crippen LogP) is 1.12. The molecule has 1 aliphatic heterocycles. The van der Waals surface area contributed by atoms with Gasteiger partial charge in [-0.1, -0.05) is 60.7 Å². The minimum atomic E-state index is -1.43. The fraction of sp³-hybridized carbons (Fsp3) is 0.367. The molecule has 232 valence electrons. The zero-order valence-electron chi connectivity index (χ0n) is 24.4. The van der Waals surface area contributed by atoms with Crippen molar-refractivity contribution in [2.24, 2.45) is 10.8 Å². The smallest absolute Gasteiger partial charge is 0.252 e. The number of nitrogens with two attached hydrogens (primary N) is 1. The number of aliphatic hydroxyl groups excluding tert-OH is 2. The number of amides is 1. The van der Waals surface area contributed by atoms with E-state index in [1.54, 1.807) is 6.92 Å². The van der Waals surface area contributed by atoms with E-state index in [-0.39, 0.29) is 5.92 Å². The number of nitrogens with one attached hydrogen (secondary N) is 4. The summed E-state index contributed by atoms with van der Waals surface area (Å²) in [5, 5.41) is 30.8. The van der Waals surface area contributed by atoms with Crippen LogP contribution in [0, 0.1) is 0 Å². The van der Waals surface area contributed by atoms with E-state index in [9.17, 15) is 15.0 Å². The van der Waals surface area contributed by atoms with E-state index in [0.29, 0.717) is 55.5 Å². The van der Waals surface area contributed by atoms with E-state index in [4.69, 9.17) is 15.6 Å². The summed E-state index contributed by atoms with van der Waals surface area (Å²) in [5.41, 5.74) is 5.46. The van der Waals surface area contributed by atoms with Crippen LogP contribution in [0.15, 0.2) is 72.0 Å². The quantitative estimate of drug-likeness (QED) is 0.0359. The van der Waals surface area contributed by atoms with Gasteiger partial charge in [0.05, 0.1) is 12.7 Å². The Morgan fingerprint density at radius 3 is 2.43 bits per heavy atom. The third-order valence-electron chi connectivity index (χ3n) is 7.33. The van der Waals surface area contributed by atoms with Crippen molar-refractivity contribution in [1.82, 2.24) is 30.3 Å². The second-order valence-electron chi connectivity index (χ2n) is 10.3. The summed E-state index contributed by atoms with van der Waals surface area (Å²) in [7, 11) is 0. The number of aliphatic hydroxyl groups is 2. The third kappa shape index (κ3) is 6.94. The Bertz CT molecular complexity index is 1500. The number of rotatable bonds is 14. The Labute approximate surface area is 254 Å². The second kappa shape index (κ2) is 14.7. The van der Waals surface area contributed by atoms with Gasteiger partial charge in [0, 0.05) is 32.1 Å². The number of imidazole rings is 1. The van der Waals surface area contributed by atoms with Gasteiger partial charge in [0.15, 0.2) is 29.3 Å². The average Bonchev–Trinajstić information content (AvgIpc) is 3.60. The lowest BCUT2D eigenvalue weighted by Crippen LogP contribution is -2.42. The lowest BCUT2D eigenvalue weighted by Gasteiger charge is -2.20. The number of anilines is 2. The van der Waals surface area contributed by atoms with Crippen LogP contribution < -0.4 is 27.2 Å². The van der Waals surface area contributed by atoms with Crippen molar-refractivity contribution >= 4 is 35.2 Å². The van der Waals surface area contributed by atoms with Crippen LogP contribution in [-0.4, -0.2) is 86.5 Å². The molecule has 0 unspecified atom stereocenters. The first-order valence-corrected chi connectivity index (χ1v) is 14.6. The van der Waals surface area contributed by atoms with Gasteiger partial charge in [-0.05, 0) is 24.5 Å². The number of aromatic nitrogens is 4. The molecule has 4 aromatic rings. The number of hydrogen-bond acceptors (Lipinski definition) is 11. The third-order valence-corrected chi connectivity index (χ3v) is 7.33. The van der Waals surface area contributed by atoms with Gasteiger partial charge in [-0.2, -0.15) is 9.97 Å². The van der Waals surface area contributed by atoms with Crippen LogP contribution in [0.4, 0.5) is 11.8 Å². The highest BCUT2D eigenvalue weighted by molar-refractivity contribution is 5.85. The van der Waals surface area contributed by atoms with Gasteiger partial charge in [-0.25, -0.2) is 10.8 Å². The molecule has 0 radical (unpaired) electrons. The maximum Gasteiger partial charge on any atom is 0.252 e. The average molecular weight is 603 g/mol. The molecular weight excluding hydrogens is 564 g/mol. The number of likely N-dealkylation sites (N-methyl/N-ethyl adjacent to an activating group) is 1. The van der Waals surface area contributed by atoms with Crippen LogP contribution in [0.3, 0.4) is 0 Å². The fourth-order valence-electron chi connectivity index (χ4n) is 5.17. The molecule has 4 atom stereocenters. The topological polar surface area (TPSA) is 197 Å². The summed E-state index contributed by atoms with van der Waals surface area (Å²) in [6.07, 6.45) is -1.58. The van der Waals surface area contributed by atoms with E-state index in [2.05, 4.69) is 60.6 Å². The Balaban J connectivity index is 1.46. The number of benzene rings is 2.